The Morgan fingerprint density at radius 3 is 2.60 bits per heavy atom. The number of carbonyl (C=O) groups is 1. The van der Waals surface area contributed by atoms with Gasteiger partial charge in [0.05, 0.1) is 0 Å². The zero-order valence-electron chi connectivity index (χ0n) is 12.9. The molecule has 1 heterocycles. The first-order valence-corrected chi connectivity index (χ1v) is 7.55. The van der Waals surface area contributed by atoms with Gasteiger partial charge in [0.1, 0.15) is 0 Å². The van der Waals surface area contributed by atoms with E-state index in [2.05, 4.69) is 23.9 Å². The molecule has 3 heteroatoms. The number of hydrogen-bond donors (Lipinski definition) is 0. The lowest BCUT2D eigenvalue weighted by molar-refractivity contribution is 0.0938. The maximum absolute atomic E-state index is 12.3. The smallest absolute Gasteiger partial charge is 0.164 e. The van der Waals surface area contributed by atoms with Gasteiger partial charge in [0.15, 0.2) is 5.78 Å². The summed E-state index contributed by atoms with van der Waals surface area (Å²) >= 11 is 0. The van der Waals surface area contributed by atoms with Crippen LogP contribution >= 0.6 is 0 Å². The molecule has 0 amide bonds. The molecule has 1 aliphatic heterocycles. The van der Waals surface area contributed by atoms with Crippen molar-refractivity contribution in [1.29, 1.82) is 0 Å². The standard InChI is InChI=1S/C17H26N2O/c1-14-6-4-5-7-16(14)17(20)10-13-19(3)15-8-11-18(2)12-9-15/h4-7,15H,8-13H2,1-3H3. The predicted molar refractivity (Wildman–Crippen MR) is 83.3 cm³/mol. The molecule has 1 aliphatic rings. The lowest BCUT2D eigenvalue weighted by atomic mass is 10.0. The van der Waals surface area contributed by atoms with Gasteiger partial charge < -0.3 is 9.80 Å². The molecule has 0 saturated carbocycles. The van der Waals surface area contributed by atoms with Gasteiger partial charge in [-0.05, 0) is 52.5 Å². The Bertz CT molecular complexity index is 450. The SMILES string of the molecule is Cc1ccccc1C(=O)CCN(C)C1CCN(C)CC1. The highest BCUT2D eigenvalue weighted by atomic mass is 16.1. The zero-order valence-corrected chi connectivity index (χ0v) is 12.9. The minimum absolute atomic E-state index is 0.267. The minimum Gasteiger partial charge on any atom is -0.306 e. The number of Topliss-reactive ketones (excluding diaryl/α,β-unsaturated/α-hetero) is 1. The van der Waals surface area contributed by atoms with Crippen molar-refractivity contribution >= 4 is 5.78 Å². The fraction of sp³-hybridized carbons (Fsp3) is 0.588. The van der Waals surface area contributed by atoms with Gasteiger partial charge in [-0.1, -0.05) is 24.3 Å². The van der Waals surface area contributed by atoms with E-state index in [-0.39, 0.29) is 5.78 Å². The molecule has 20 heavy (non-hydrogen) atoms. The van der Waals surface area contributed by atoms with Crippen molar-refractivity contribution in [3.05, 3.63) is 35.4 Å². The highest BCUT2D eigenvalue weighted by Crippen LogP contribution is 2.15. The van der Waals surface area contributed by atoms with Gasteiger partial charge >= 0.3 is 0 Å². The van der Waals surface area contributed by atoms with Gasteiger partial charge in [0, 0.05) is 24.6 Å². The second kappa shape index (κ2) is 7.00. The largest absolute Gasteiger partial charge is 0.306 e. The van der Waals surface area contributed by atoms with E-state index in [9.17, 15) is 4.79 Å². The Kier molecular flexibility index (Phi) is 5.32. The monoisotopic (exact) mass is 274 g/mol. The first-order valence-electron chi connectivity index (χ1n) is 7.55. The van der Waals surface area contributed by atoms with E-state index in [0.29, 0.717) is 12.5 Å². The topological polar surface area (TPSA) is 23.6 Å². The molecule has 0 atom stereocenters. The van der Waals surface area contributed by atoms with Crippen LogP contribution in [0.1, 0.15) is 35.2 Å². The van der Waals surface area contributed by atoms with E-state index in [1.807, 2.05) is 31.2 Å². The maximum Gasteiger partial charge on any atom is 0.164 e. The van der Waals surface area contributed by atoms with Crippen LogP contribution in [0.3, 0.4) is 0 Å². The molecular weight excluding hydrogens is 248 g/mol. The number of rotatable bonds is 5. The number of hydrogen-bond acceptors (Lipinski definition) is 3. The van der Waals surface area contributed by atoms with Crippen LogP contribution in [0.15, 0.2) is 24.3 Å². The first-order chi connectivity index (χ1) is 9.58. The minimum atomic E-state index is 0.267. The zero-order chi connectivity index (χ0) is 14.5. The van der Waals surface area contributed by atoms with Crippen molar-refractivity contribution in [3.63, 3.8) is 0 Å². The summed E-state index contributed by atoms with van der Waals surface area (Å²) in [6, 6.07) is 8.51. The van der Waals surface area contributed by atoms with Crippen LogP contribution in [0.5, 0.6) is 0 Å². The van der Waals surface area contributed by atoms with Crippen LogP contribution in [0.25, 0.3) is 0 Å². The molecule has 1 aromatic carbocycles. The number of ketones is 1. The molecule has 0 aromatic heterocycles. The normalized spacial score (nSPS) is 17.6. The number of aryl methyl sites for hydroxylation is 1. The van der Waals surface area contributed by atoms with Crippen molar-refractivity contribution in [2.24, 2.45) is 0 Å². The summed E-state index contributed by atoms with van der Waals surface area (Å²) in [5, 5.41) is 0. The third kappa shape index (κ3) is 3.90. The van der Waals surface area contributed by atoms with Crippen LogP contribution in [-0.4, -0.2) is 55.4 Å². The summed E-state index contributed by atoms with van der Waals surface area (Å²) in [6.45, 7) is 5.21. The Balaban J connectivity index is 1.83. The summed E-state index contributed by atoms with van der Waals surface area (Å²) in [5.41, 5.74) is 1.96. The molecule has 0 radical (unpaired) electrons. The number of carbonyl (C=O) groups excluding carboxylic acids is 1. The molecule has 0 unspecified atom stereocenters. The summed E-state index contributed by atoms with van der Waals surface area (Å²) in [4.78, 5) is 17.0. The van der Waals surface area contributed by atoms with E-state index in [1.165, 1.54) is 25.9 Å². The summed E-state index contributed by atoms with van der Waals surface area (Å²) in [5.74, 6) is 0.267. The third-order valence-electron chi connectivity index (χ3n) is 4.45. The summed E-state index contributed by atoms with van der Waals surface area (Å²) in [6.07, 6.45) is 3.05. The number of likely N-dealkylation sites (tertiary alicyclic amines) is 1. The van der Waals surface area contributed by atoms with E-state index < -0.39 is 0 Å². The van der Waals surface area contributed by atoms with Crippen molar-refractivity contribution in [1.82, 2.24) is 9.80 Å². The quantitative estimate of drug-likeness (QED) is 0.771. The van der Waals surface area contributed by atoms with Crippen molar-refractivity contribution in [3.8, 4) is 0 Å². The predicted octanol–water partition coefficient (Wildman–Crippen LogP) is 2.59. The molecule has 1 aromatic rings. The van der Waals surface area contributed by atoms with Crippen molar-refractivity contribution in [2.75, 3.05) is 33.7 Å². The van der Waals surface area contributed by atoms with Crippen molar-refractivity contribution in [2.45, 2.75) is 32.2 Å². The van der Waals surface area contributed by atoms with E-state index in [1.54, 1.807) is 0 Å². The first kappa shape index (κ1) is 15.2. The van der Waals surface area contributed by atoms with Crippen LogP contribution in [-0.2, 0) is 0 Å². The van der Waals surface area contributed by atoms with E-state index in [4.69, 9.17) is 0 Å². The van der Waals surface area contributed by atoms with Crippen molar-refractivity contribution < 1.29 is 4.79 Å². The van der Waals surface area contributed by atoms with Gasteiger partial charge in [-0.2, -0.15) is 0 Å². The number of benzene rings is 1. The molecule has 0 bridgehead atoms. The van der Waals surface area contributed by atoms with Crippen LogP contribution < -0.4 is 0 Å². The Morgan fingerprint density at radius 1 is 1.30 bits per heavy atom. The lowest BCUT2D eigenvalue weighted by Crippen LogP contribution is -2.42. The Labute approximate surface area is 122 Å². The average Bonchev–Trinajstić information content (AvgIpc) is 2.45. The van der Waals surface area contributed by atoms with Gasteiger partial charge in [0.25, 0.3) is 0 Å². The summed E-state index contributed by atoms with van der Waals surface area (Å²) < 4.78 is 0. The highest BCUT2D eigenvalue weighted by molar-refractivity contribution is 5.97. The molecule has 0 N–H and O–H groups in total. The highest BCUT2D eigenvalue weighted by Gasteiger charge is 2.21. The Hall–Kier alpha value is -1.19. The molecule has 3 nitrogen and oxygen atoms in total. The summed E-state index contributed by atoms with van der Waals surface area (Å²) in [7, 11) is 4.33. The van der Waals surface area contributed by atoms with Gasteiger partial charge in [-0.15, -0.1) is 0 Å². The fourth-order valence-corrected chi connectivity index (χ4v) is 2.92. The maximum atomic E-state index is 12.3. The van der Waals surface area contributed by atoms with Gasteiger partial charge in [-0.25, -0.2) is 0 Å². The number of nitrogens with zero attached hydrogens (tertiary/aromatic N) is 2. The van der Waals surface area contributed by atoms with Gasteiger partial charge in [-0.3, -0.25) is 4.79 Å². The third-order valence-corrected chi connectivity index (χ3v) is 4.45. The van der Waals surface area contributed by atoms with E-state index in [0.717, 1.165) is 17.7 Å². The number of piperidine rings is 1. The molecule has 1 saturated heterocycles. The fourth-order valence-electron chi connectivity index (χ4n) is 2.92. The molecular formula is C17H26N2O. The molecule has 110 valence electrons. The van der Waals surface area contributed by atoms with Crippen LogP contribution in [0, 0.1) is 6.92 Å². The Morgan fingerprint density at radius 2 is 1.95 bits per heavy atom. The van der Waals surface area contributed by atoms with Gasteiger partial charge in [0.2, 0.25) is 0 Å². The van der Waals surface area contributed by atoms with Crippen LogP contribution in [0.2, 0.25) is 0 Å². The second-order valence-electron chi connectivity index (χ2n) is 6.00. The molecule has 0 aliphatic carbocycles. The molecule has 1 fully saturated rings. The van der Waals surface area contributed by atoms with Crippen LogP contribution in [0.4, 0.5) is 0 Å². The lowest BCUT2D eigenvalue weighted by Gasteiger charge is -2.35. The molecule has 0 spiro atoms. The second-order valence-corrected chi connectivity index (χ2v) is 6.00. The van der Waals surface area contributed by atoms with E-state index >= 15 is 0 Å². The average molecular weight is 274 g/mol. The molecule has 2 rings (SSSR count).